The van der Waals surface area contributed by atoms with Crippen LogP contribution < -0.4 is 4.31 Å². The number of amides is 1. The molecule has 1 saturated heterocycles. The van der Waals surface area contributed by atoms with Crippen molar-refractivity contribution in [1.82, 2.24) is 4.90 Å². The second-order valence-corrected chi connectivity index (χ2v) is 9.60. The Kier molecular flexibility index (Phi) is 7.56. The molecule has 1 amide bonds. The van der Waals surface area contributed by atoms with Gasteiger partial charge in [-0.3, -0.25) is 9.10 Å². The molecule has 5 nitrogen and oxygen atoms in total. The summed E-state index contributed by atoms with van der Waals surface area (Å²) in [6.07, 6.45) is 6.87. The molecule has 2 aromatic rings. The van der Waals surface area contributed by atoms with Crippen molar-refractivity contribution in [2.75, 3.05) is 23.9 Å². The van der Waals surface area contributed by atoms with Crippen LogP contribution in [0.25, 0.3) is 0 Å². The first-order valence-electron chi connectivity index (χ1n) is 10.2. The molecule has 2 aromatic carbocycles. The van der Waals surface area contributed by atoms with Crippen molar-refractivity contribution in [3.05, 3.63) is 71.8 Å². The highest BCUT2D eigenvalue weighted by atomic mass is 35.5. The van der Waals surface area contributed by atoms with Crippen molar-refractivity contribution < 1.29 is 13.2 Å². The van der Waals surface area contributed by atoms with Crippen LogP contribution in [-0.2, 0) is 10.0 Å². The number of hydrogen-bond acceptors (Lipinski definition) is 3. The highest BCUT2D eigenvalue weighted by Crippen LogP contribution is 2.30. The molecule has 7 heteroatoms. The van der Waals surface area contributed by atoms with Gasteiger partial charge in [0.25, 0.3) is 15.9 Å². The maximum atomic E-state index is 13.5. The lowest BCUT2D eigenvalue weighted by atomic mass is 10.1. The minimum absolute atomic E-state index is 0.0761. The molecular weight excluding hydrogens is 420 g/mol. The number of halogens is 1. The number of nitrogens with zero attached hydrogens (tertiary/aromatic N) is 2. The maximum Gasteiger partial charge on any atom is 0.266 e. The standard InChI is InChI=1S/C23H27ClN2O3S/c1-2-15-26(20-11-7-6-8-12-20)30(28,29)22-18-19(13-14-21(22)24)23(27)25-16-9-4-3-5-10-17-25/h2,6-8,11-14,18H,1,3-5,9-10,15-17H2. The number of carbonyl (C=O) groups is 1. The van der Waals surface area contributed by atoms with Gasteiger partial charge in [-0.1, -0.05) is 55.1 Å². The fourth-order valence-electron chi connectivity index (χ4n) is 3.64. The van der Waals surface area contributed by atoms with Gasteiger partial charge in [0.05, 0.1) is 17.3 Å². The van der Waals surface area contributed by atoms with E-state index in [1.54, 1.807) is 30.3 Å². The molecule has 0 bridgehead atoms. The summed E-state index contributed by atoms with van der Waals surface area (Å²) in [5.41, 5.74) is 0.846. The third-order valence-corrected chi connectivity index (χ3v) is 7.50. The molecule has 0 atom stereocenters. The van der Waals surface area contributed by atoms with E-state index in [4.69, 9.17) is 11.6 Å². The van der Waals surface area contributed by atoms with Crippen LogP contribution in [0.2, 0.25) is 5.02 Å². The van der Waals surface area contributed by atoms with Gasteiger partial charge in [0, 0.05) is 18.7 Å². The molecular formula is C23H27ClN2O3S. The van der Waals surface area contributed by atoms with Gasteiger partial charge in [0.15, 0.2) is 0 Å². The van der Waals surface area contributed by atoms with E-state index in [1.165, 1.54) is 28.9 Å². The van der Waals surface area contributed by atoms with Gasteiger partial charge in [0.2, 0.25) is 0 Å². The Labute approximate surface area is 184 Å². The first kappa shape index (κ1) is 22.4. The maximum absolute atomic E-state index is 13.5. The second kappa shape index (κ2) is 10.1. The minimum atomic E-state index is -3.99. The summed E-state index contributed by atoms with van der Waals surface area (Å²) in [6.45, 7) is 5.15. The Morgan fingerprint density at radius 1 is 1.03 bits per heavy atom. The third-order valence-electron chi connectivity index (χ3n) is 5.23. The molecule has 1 fully saturated rings. The van der Waals surface area contributed by atoms with Gasteiger partial charge in [-0.05, 0) is 43.2 Å². The van der Waals surface area contributed by atoms with E-state index in [9.17, 15) is 13.2 Å². The number of hydrogen-bond donors (Lipinski definition) is 0. The van der Waals surface area contributed by atoms with E-state index in [-0.39, 0.29) is 22.4 Å². The summed E-state index contributed by atoms with van der Waals surface area (Å²) in [5.74, 6) is -0.153. The molecule has 30 heavy (non-hydrogen) atoms. The molecule has 1 heterocycles. The summed E-state index contributed by atoms with van der Waals surface area (Å²) in [4.78, 5) is 14.8. The number of anilines is 1. The van der Waals surface area contributed by atoms with Crippen LogP contribution in [0.3, 0.4) is 0 Å². The summed E-state index contributed by atoms with van der Waals surface area (Å²) < 4.78 is 28.2. The van der Waals surface area contributed by atoms with Crippen LogP contribution >= 0.6 is 11.6 Å². The zero-order chi connectivity index (χ0) is 21.6. The number of benzene rings is 2. The fourth-order valence-corrected chi connectivity index (χ4v) is 5.58. The van der Waals surface area contributed by atoms with Gasteiger partial charge < -0.3 is 4.90 Å². The molecule has 0 N–H and O–H groups in total. The highest BCUT2D eigenvalue weighted by molar-refractivity contribution is 7.93. The van der Waals surface area contributed by atoms with E-state index >= 15 is 0 Å². The van der Waals surface area contributed by atoms with Crippen LogP contribution in [0, 0.1) is 0 Å². The Morgan fingerprint density at radius 3 is 2.30 bits per heavy atom. The van der Waals surface area contributed by atoms with Crippen molar-refractivity contribution in [3.8, 4) is 0 Å². The molecule has 0 spiro atoms. The van der Waals surface area contributed by atoms with E-state index in [1.807, 2.05) is 11.0 Å². The quantitative estimate of drug-likeness (QED) is 0.578. The third kappa shape index (κ3) is 5.05. The molecule has 160 valence electrons. The number of carbonyl (C=O) groups excluding carboxylic acids is 1. The molecule has 0 radical (unpaired) electrons. The lowest BCUT2D eigenvalue weighted by molar-refractivity contribution is 0.0742. The van der Waals surface area contributed by atoms with Gasteiger partial charge in [-0.15, -0.1) is 6.58 Å². The summed E-state index contributed by atoms with van der Waals surface area (Å²) >= 11 is 6.29. The number of sulfonamides is 1. The van der Waals surface area contributed by atoms with Crippen molar-refractivity contribution in [2.45, 2.75) is 37.0 Å². The minimum Gasteiger partial charge on any atom is -0.339 e. The zero-order valence-corrected chi connectivity index (χ0v) is 18.5. The normalized spacial score (nSPS) is 15.2. The Hall–Kier alpha value is -2.31. The van der Waals surface area contributed by atoms with Gasteiger partial charge >= 0.3 is 0 Å². The first-order chi connectivity index (χ1) is 14.4. The monoisotopic (exact) mass is 446 g/mol. The lowest BCUT2D eigenvalue weighted by Gasteiger charge is -2.26. The molecule has 1 aliphatic rings. The smallest absolute Gasteiger partial charge is 0.266 e. The van der Waals surface area contributed by atoms with Crippen molar-refractivity contribution in [2.24, 2.45) is 0 Å². The average molecular weight is 447 g/mol. The molecule has 1 aliphatic heterocycles. The van der Waals surface area contributed by atoms with E-state index < -0.39 is 10.0 Å². The van der Waals surface area contributed by atoms with Gasteiger partial charge in [-0.25, -0.2) is 8.42 Å². The van der Waals surface area contributed by atoms with Crippen molar-refractivity contribution in [1.29, 1.82) is 0 Å². The first-order valence-corrected chi connectivity index (χ1v) is 12.0. The van der Waals surface area contributed by atoms with Gasteiger partial charge in [0.1, 0.15) is 4.90 Å². The van der Waals surface area contributed by atoms with Crippen molar-refractivity contribution >= 4 is 33.2 Å². The van der Waals surface area contributed by atoms with Crippen molar-refractivity contribution in [3.63, 3.8) is 0 Å². The number of para-hydroxylation sites is 1. The van der Waals surface area contributed by atoms with Crippen LogP contribution in [0.5, 0.6) is 0 Å². The summed E-state index contributed by atoms with van der Waals surface area (Å²) in [7, 11) is -3.99. The number of rotatable bonds is 6. The van der Waals surface area contributed by atoms with E-state index in [0.717, 1.165) is 25.7 Å². The molecule has 3 rings (SSSR count). The van der Waals surface area contributed by atoms with E-state index in [0.29, 0.717) is 24.3 Å². The summed E-state index contributed by atoms with van der Waals surface area (Å²) in [6, 6.07) is 13.3. The predicted molar refractivity (Wildman–Crippen MR) is 122 cm³/mol. The largest absolute Gasteiger partial charge is 0.339 e. The highest BCUT2D eigenvalue weighted by Gasteiger charge is 2.28. The van der Waals surface area contributed by atoms with Gasteiger partial charge in [-0.2, -0.15) is 0 Å². The van der Waals surface area contributed by atoms with Crippen LogP contribution in [-0.4, -0.2) is 38.9 Å². The SMILES string of the molecule is C=CCN(c1ccccc1)S(=O)(=O)c1cc(C(=O)N2CCCCCCC2)ccc1Cl. The fraction of sp³-hybridized carbons (Fsp3) is 0.348. The second-order valence-electron chi connectivity index (χ2n) is 7.37. The average Bonchev–Trinajstić information content (AvgIpc) is 2.72. The predicted octanol–water partition coefficient (Wildman–Crippen LogP) is 5.13. The lowest BCUT2D eigenvalue weighted by Crippen LogP contribution is -2.34. The molecule has 0 unspecified atom stereocenters. The molecule has 0 aromatic heterocycles. The van der Waals surface area contributed by atoms with Crippen LogP contribution in [0.15, 0.2) is 66.1 Å². The Morgan fingerprint density at radius 2 is 1.67 bits per heavy atom. The van der Waals surface area contributed by atoms with Crippen LogP contribution in [0.4, 0.5) is 5.69 Å². The Bertz CT molecular complexity index is 985. The summed E-state index contributed by atoms with van der Waals surface area (Å²) in [5, 5.41) is 0.0872. The molecule has 0 saturated carbocycles. The zero-order valence-electron chi connectivity index (χ0n) is 17.0. The van der Waals surface area contributed by atoms with Crippen LogP contribution in [0.1, 0.15) is 42.5 Å². The Balaban J connectivity index is 1.96. The topological polar surface area (TPSA) is 57.7 Å². The van der Waals surface area contributed by atoms with E-state index in [2.05, 4.69) is 6.58 Å². The molecule has 0 aliphatic carbocycles. The number of likely N-dealkylation sites (tertiary alicyclic amines) is 1.